The minimum atomic E-state index is -4.69. The fourth-order valence-corrected chi connectivity index (χ4v) is 2.50. The van der Waals surface area contributed by atoms with Gasteiger partial charge in [0.05, 0.1) is 0 Å². The predicted molar refractivity (Wildman–Crippen MR) is 95.1 cm³/mol. The van der Waals surface area contributed by atoms with Crippen molar-refractivity contribution in [2.24, 2.45) is 0 Å². The lowest BCUT2D eigenvalue weighted by atomic mass is 10.0. The standard InChI is InChI=1S/C21H21F3O/c22-21(23,24)20(25)12-8-3-1-2-5-9-17-13-15-19(16-14-17)18-10-6-4-7-11-18/h4-7,9-11,13-16H,1-3,8,12H2/b9-5+. The molecule has 4 heteroatoms. The Labute approximate surface area is 146 Å². The zero-order valence-corrected chi connectivity index (χ0v) is 13.9. The molecule has 0 spiro atoms. The lowest BCUT2D eigenvalue weighted by Crippen LogP contribution is -2.22. The van der Waals surface area contributed by atoms with Crippen LogP contribution in [0.2, 0.25) is 0 Å². The molecule has 0 radical (unpaired) electrons. The number of carbonyl (C=O) groups excluding carboxylic acids is 1. The molecule has 0 bridgehead atoms. The fourth-order valence-electron chi connectivity index (χ4n) is 2.50. The van der Waals surface area contributed by atoms with Gasteiger partial charge >= 0.3 is 6.18 Å². The number of alkyl halides is 3. The van der Waals surface area contributed by atoms with Gasteiger partial charge in [-0.3, -0.25) is 4.79 Å². The summed E-state index contributed by atoms with van der Waals surface area (Å²) in [6.45, 7) is 0. The molecule has 0 aliphatic heterocycles. The second-order valence-electron chi connectivity index (χ2n) is 5.91. The molecule has 25 heavy (non-hydrogen) atoms. The van der Waals surface area contributed by atoms with Gasteiger partial charge < -0.3 is 0 Å². The third kappa shape index (κ3) is 6.57. The number of halogens is 3. The minimum Gasteiger partial charge on any atom is -0.290 e. The number of ketones is 1. The summed E-state index contributed by atoms with van der Waals surface area (Å²) in [5.41, 5.74) is 3.42. The van der Waals surface area contributed by atoms with Crippen molar-refractivity contribution in [3.05, 3.63) is 66.2 Å². The summed E-state index contributed by atoms with van der Waals surface area (Å²) in [7, 11) is 0. The second kappa shape index (κ2) is 9.21. The zero-order chi connectivity index (χ0) is 18.1. The number of allylic oxidation sites excluding steroid dienone is 1. The number of hydrogen-bond donors (Lipinski definition) is 0. The molecule has 2 aromatic rings. The van der Waals surface area contributed by atoms with Crippen LogP contribution < -0.4 is 0 Å². The Morgan fingerprint density at radius 1 is 0.840 bits per heavy atom. The molecular formula is C21H21F3O. The van der Waals surface area contributed by atoms with Gasteiger partial charge in [-0.05, 0) is 36.0 Å². The third-order valence-electron chi connectivity index (χ3n) is 3.92. The average molecular weight is 346 g/mol. The van der Waals surface area contributed by atoms with Crippen molar-refractivity contribution < 1.29 is 18.0 Å². The summed E-state index contributed by atoms with van der Waals surface area (Å²) < 4.78 is 36.1. The van der Waals surface area contributed by atoms with Crippen LogP contribution in [0.4, 0.5) is 13.2 Å². The molecule has 0 aliphatic rings. The van der Waals surface area contributed by atoms with Crippen molar-refractivity contribution in [2.75, 3.05) is 0 Å². The summed E-state index contributed by atoms with van der Waals surface area (Å²) >= 11 is 0. The van der Waals surface area contributed by atoms with Gasteiger partial charge in [-0.15, -0.1) is 0 Å². The van der Waals surface area contributed by atoms with Crippen molar-refractivity contribution in [3.63, 3.8) is 0 Å². The van der Waals surface area contributed by atoms with Crippen LogP contribution in [0, 0.1) is 0 Å². The molecule has 0 heterocycles. The molecule has 0 fully saturated rings. The molecule has 0 atom stereocenters. The molecule has 0 amide bonds. The van der Waals surface area contributed by atoms with E-state index in [0.29, 0.717) is 6.42 Å². The first-order chi connectivity index (χ1) is 12.0. The van der Waals surface area contributed by atoms with Crippen LogP contribution in [-0.2, 0) is 4.79 Å². The van der Waals surface area contributed by atoms with E-state index in [1.54, 1.807) is 0 Å². The van der Waals surface area contributed by atoms with E-state index in [9.17, 15) is 18.0 Å². The lowest BCUT2D eigenvalue weighted by molar-refractivity contribution is -0.171. The average Bonchev–Trinajstić information content (AvgIpc) is 2.61. The highest BCUT2D eigenvalue weighted by molar-refractivity contribution is 5.83. The molecule has 0 aliphatic carbocycles. The Balaban J connectivity index is 1.69. The maximum absolute atomic E-state index is 12.0. The molecule has 2 rings (SSSR count). The normalized spacial score (nSPS) is 11.8. The van der Waals surface area contributed by atoms with Crippen molar-refractivity contribution in [3.8, 4) is 11.1 Å². The van der Waals surface area contributed by atoms with E-state index in [0.717, 1.165) is 24.0 Å². The molecule has 0 aromatic heterocycles. The zero-order valence-electron chi connectivity index (χ0n) is 13.9. The molecule has 0 N–H and O–H groups in total. The van der Waals surface area contributed by atoms with E-state index in [4.69, 9.17) is 0 Å². The van der Waals surface area contributed by atoms with Crippen LogP contribution in [0.25, 0.3) is 17.2 Å². The highest BCUT2D eigenvalue weighted by atomic mass is 19.4. The van der Waals surface area contributed by atoms with Crippen LogP contribution in [0.1, 0.15) is 37.7 Å². The molecule has 0 saturated heterocycles. The van der Waals surface area contributed by atoms with Crippen LogP contribution in [0.3, 0.4) is 0 Å². The van der Waals surface area contributed by atoms with Crippen LogP contribution in [0.5, 0.6) is 0 Å². The number of unbranched alkanes of at least 4 members (excludes halogenated alkanes) is 3. The quantitative estimate of drug-likeness (QED) is 0.502. The minimum absolute atomic E-state index is 0.290. The summed E-state index contributed by atoms with van der Waals surface area (Å²) in [5.74, 6) is -1.62. The molecule has 1 nitrogen and oxygen atoms in total. The Hall–Kier alpha value is -2.36. The van der Waals surface area contributed by atoms with Gasteiger partial charge in [0, 0.05) is 6.42 Å². The second-order valence-corrected chi connectivity index (χ2v) is 5.91. The molecular weight excluding hydrogens is 325 g/mol. The SMILES string of the molecule is O=C(CCCCC/C=C/c1ccc(-c2ccccc2)cc1)C(F)(F)F. The largest absolute Gasteiger partial charge is 0.449 e. The van der Waals surface area contributed by atoms with Crippen molar-refractivity contribution >= 4 is 11.9 Å². The predicted octanol–water partition coefficient (Wildman–Crippen LogP) is 6.45. The topological polar surface area (TPSA) is 17.1 Å². The van der Waals surface area contributed by atoms with Crippen LogP contribution in [0.15, 0.2) is 60.7 Å². The molecule has 0 saturated carbocycles. The first-order valence-electron chi connectivity index (χ1n) is 8.39. The molecule has 0 unspecified atom stereocenters. The van der Waals surface area contributed by atoms with Crippen LogP contribution >= 0.6 is 0 Å². The smallest absolute Gasteiger partial charge is 0.290 e. The summed E-state index contributed by atoms with van der Waals surface area (Å²) in [4.78, 5) is 10.7. The fraction of sp³-hybridized carbons (Fsp3) is 0.286. The maximum Gasteiger partial charge on any atom is 0.449 e. The number of rotatable bonds is 8. The maximum atomic E-state index is 12.0. The summed E-state index contributed by atoms with van der Waals surface area (Å²) in [6.07, 6.45) is 1.42. The highest BCUT2D eigenvalue weighted by Crippen LogP contribution is 2.21. The molecule has 132 valence electrons. The Bertz CT molecular complexity index is 685. The third-order valence-corrected chi connectivity index (χ3v) is 3.92. The number of carbonyl (C=O) groups is 1. The monoisotopic (exact) mass is 346 g/mol. The summed E-state index contributed by atoms with van der Waals surface area (Å²) in [5, 5.41) is 0. The van der Waals surface area contributed by atoms with Gasteiger partial charge in [0.1, 0.15) is 0 Å². The Kier molecular flexibility index (Phi) is 6.99. The number of hydrogen-bond acceptors (Lipinski definition) is 1. The Morgan fingerprint density at radius 2 is 1.48 bits per heavy atom. The first kappa shape index (κ1) is 19.0. The van der Waals surface area contributed by atoms with Crippen molar-refractivity contribution in [2.45, 2.75) is 38.3 Å². The van der Waals surface area contributed by atoms with Gasteiger partial charge in [-0.25, -0.2) is 0 Å². The highest BCUT2D eigenvalue weighted by Gasteiger charge is 2.36. The van der Waals surface area contributed by atoms with Crippen LogP contribution in [-0.4, -0.2) is 12.0 Å². The van der Waals surface area contributed by atoms with E-state index in [1.807, 2.05) is 42.5 Å². The molecule has 2 aromatic carbocycles. The van der Waals surface area contributed by atoms with Gasteiger partial charge in [0.25, 0.3) is 0 Å². The van der Waals surface area contributed by atoms with Gasteiger partial charge in [-0.2, -0.15) is 13.2 Å². The van der Waals surface area contributed by atoms with E-state index in [-0.39, 0.29) is 6.42 Å². The van der Waals surface area contributed by atoms with Crippen molar-refractivity contribution in [1.29, 1.82) is 0 Å². The van der Waals surface area contributed by atoms with E-state index in [1.165, 1.54) is 5.56 Å². The van der Waals surface area contributed by atoms with Gasteiger partial charge in [0.15, 0.2) is 0 Å². The van der Waals surface area contributed by atoms with Crippen molar-refractivity contribution in [1.82, 2.24) is 0 Å². The Morgan fingerprint density at radius 3 is 2.12 bits per heavy atom. The van der Waals surface area contributed by atoms with E-state index in [2.05, 4.69) is 24.3 Å². The summed E-state index contributed by atoms with van der Waals surface area (Å²) in [6, 6.07) is 18.3. The number of Topliss-reactive ketones (excluding diaryl/α,β-unsaturated/α-hetero) is 1. The van der Waals surface area contributed by atoms with E-state index < -0.39 is 18.4 Å². The van der Waals surface area contributed by atoms with E-state index >= 15 is 0 Å². The first-order valence-corrected chi connectivity index (χ1v) is 8.39. The number of benzene rings is 2. The lowest BCUT2D eigenvalue weighted by Gasteiger charge is -2.04. The van der Waals surface area contributed by atoms with Gasteiger partial charge in [0.2, 0.25) is 5.78 Å². The van der Waals surface area contributed by atoms with Gasteiger partial charge in [-0.1, -0.05) is 73.2 Å².